The van der Waals surface area contributed by atoms with Crippen molar-refractivity contribution in [3.63, 3.8) is 0 Å². The fourth-order valence-corrected chi connectivity index (χ4v) is 2.15. The zero-order chi connectivity index (χ0) is 17.6. The van der Waals surface area contributed by atoms with E-state index in [0.717, 1.165) is 0 Å². The number of hydrogen-bond acceptors (Lipinski definition) is 4. The number of rotatable bonds is 4. The monoisotopic (exact) mass is 336 g/mol. The Hall–Kier alpha value is -3.47. The SMILES string of the molecule is O=C(Oc1ccccc1)c1cccc(C(=O)Oc2ccccc2)c1F. The summed E-state index contributed by atoms with van der Waals surface area (Å²) in [6, 6.07) is 20.5. The van der Waals surface area contributed by atoms with Gasteiger partial charge in [-0.2, -0.15) is 0 Å². The van der Waals surface area contributed by atoms with E-state index in [0.29, 0.717) is 0 Å². The Kier molecular flexibility index (Phi) is 4.85. The van der Waals surface area contributed by atoms with Gasteiger partial charge in [0.25, 0.3) is 0 Å². The highest BCUT2D eigenvalue weighted by Gasteiger charge is 2.22. The minimum absolute atomic E-state index is 0.282. The predicted molar refractivity (Wildman–Crippen MR) is 89.2 cm³/mol. The fourth-order valence-electron chi connectivity index (χ4n) is 2.15. The molecule has 0 spiro atoms. The zero-order valence-electron chi connectivity index (χ0n) is 13.0. The number of halogens is 1. The van der Waals surface area contributed by atoms with Crippen LogP contribution in [0.5, 0.6) is 11.5 Å². The Morgan fingerprint density at radius 2 is 1.00 bits per heavy atom. The van der Waals surface area contributed by atoms with Crippen molar-refractivity contribution in [1.82, 2.24) is 0 Å². The van der Waals surface area contributed by atoms with Gasteiger partial charge < -0.3 is 9.47 Å². The summed E-state index contributed by atoms with van der Waals surface area (Å²) < 4.78 is 24.8. The molecule has 0 aliphatic heterocycles. The molecule has 0 saturated heterocycles. The number of benzene rings is 3. The summed E-state index contributed by atoms with van der Waals surface area (Å²) in [5.41, 5.74) is -0.683. The van der Waals surface area contributed by atoms with Gasteiger partial charge in [0.05, 0.1) is 11.1 Å². The molecule has 0 saturated carbocycles. The highest BCUT2D eigenvalue weighted by molar-refractivity contribution is 5.97. The van der Waals surface area contributed by atoms with Crippen LogP contribution in [0.1, 0.15) is 20.7 Å². The molecule has 25 heavy (non-hydrogen) atoms. The third-order valence-electron chi connectivity index (χ3n) is 3.35. The number of carbonyl (C=O) groups is 2. The van der Waals surface area contributed by atoms with Crippen molar-refractivity contribution in [2.24, 2.45) is 0 Å². The maximum absolute atomic E-state index is 14.6. The second-order valence-corrected chi connectivity index (χ2v) is 5.07. The number of carbonyl (C=O) groups excluding carboxylic acids is 2. The highest BCUT2D eigenvalue weighted by Crippen LogP contribution is 2.19. The number of ether oxygens (including phenoxy) is 2. The summed E-state index contributed by atoms with van der Waals surface area (Å²) in [4.78, 5) is 24.3. The molecule has 0 aliphatic carbocycles. The van der Waals surface area contributed by atoms with Crippen molar-refractivity contribution in [2.75, 3.05) is 0 Å². The van der Waals surface area contributed by atoms with Crippen molar-refractivity contribution >= 4 is 11.9 Å². The van der Waals surface area contributed by atoms with Gasteiger partial charge in [0.15, 0.2) is 5.82 Å². The number of esters is 2. The molecule has 0 aliphatic rings. The van der Waals surface area contributed by atoms with Gasteiger partial charge in [-0.1, -0.05) is 42.5 Å². The molecule has 3 aromatic rings. The van der Waals surface area contributed by atoms with E-state index < -0.39 is 17.8 Å². The lowest BCUT2D eigenvalue weighted by molar-refractivity contribution is 0.0725. The molecule has 0 aromatic heterocycles. The topological polar surface area (TPSA) is 52.6 Å². The summed E-state index contributed by atoms with van der Waals surface area (Å²) >= 11 is 0. The zero-order valence-corrected chi connectivity index (χ0v) is 13.0. The molecule has 5 heteroatoms. The van der Waals surface area contributed by atoms with Crippen LogP contribution in [-0.2, 0) is 0 Å². The Bertz CT molecular complexity index is 820. The van der Waals surface area contributed by atoms with Gasteiger partial charge in [-0.3, -0.25) is 0 Å². The molecule has 4 nitrogen and oxygen atoms in total. The fraction of sp³-hybridized carbons (Fsp3) is 0. The lowest BCUT2D eigenvalue weighted by atomic mass is 10.1. The van der Waals surface area contributed by atoms with Crippen LogP contribution in [0, 0.1) is 5.82 Å². The second-order valence-electron chi connectivity index (χ2n) is 5.07. The van der Waals surface area contributed by atoms with E-state index in [1.807, 2.05) is 0 Å². The van der Waals surface area contributed by atoms with Gasteiger partial charge >= 0.3 is 11.9 Å². The molecule has 0 radical (unpaired) electrons. The first-order valence-corrected chi connectivity index (χ1v) is 7.48. The summed E-state index contributed by atoms with van der Waals surface area (Å²) in [5.74, 6) is -2.20. The molecule has 0 N–H and O–H groups in total. The number of hydrogen-bond donors (Lipinski definition) is 0. The summed E-state index contributed by atoms with van der Waals surface area (Å²) in [7, 11) is 0. The highest BCUT2D eigenvalue weighted by atomic mass is 19.1. The van der Waals surface area contributed by atoms with Gasteiger partial charge in [0.1, 0.15) is 11.5 Å². The van der Waals surface area contributed by atoms with Gasteiger partial charge in [0, 0.05) is 0 Å². The van der Waals surface area contributed by atoms with Crippen LogP contribution in [0.4, 0.5) is 4.39 Å². The first kappa shape index (κ1) is 16.4. The Morgan fingerprint density at radius 1 is 0.600 bits per heavy atom. The van der Waals surface area contributed by atoms with Gasteiger partial charge in [-0.25, -0.2) is 14.0 Å². The summed E-state index contributed by atoms with van der Waals surface area (Å²) in [5, 5.41) is 0. The molecule has 0 heterocycles. The Morgan fingerprint density at radius 3 is 1.40 bits per heavy atom. The van der Waals surface area contributed by atoms with Crippen molar-refractivity contribution in [2.45, 2.75) is 0 Å². The first-order valence-electron chi connectivity index (χ1n) is 7.48. The average Bonchev–Trinajstić information content (AvgIpc) is 2.63. The van der Waals surface area contributed by atoms with E-state index in [4.69, 9.17) is 9.47 Å². The van der Waals surface area contributed by atoms with Crippen molar-refractivity contribution < 1.29 is 23.5 Å². The molecular formula is C20H13FO4. The van der Waals surface area contributed by atoms with Crippen molar-refractivity contribution in [3.05, 3.63) is 95.8 Å². The third-order valence-corrected chi connectivity index (χ3v) is 3.35. The average molecular weight is 336 g/mol. The molecule has 3 aromatic carbocycles. The van der Waals surface area contributed by atoms with Crippen LogP contribution in [0.15, 0.2) is 78.9 Å². The van der Waals surface area contributed by atoms with Crippen LogP contribution in [0.25, 0.3) is 0 Å². The van der Waals surface area contributed by atoms with Gasteiger partial charge in [0.2, 0.25) is 0 Å². The molecule has 124 valence electrons. The van der Waals surface area contributed by atoms with E-state index in [1.54, 1.807) is 60.7 Å². The van der Waals surface area contributed by atoms with Crippen LogP contribution >= 0.6 is 0 Å². The molecule has 0 unspecified atom stereocenters. The van der Waals surface area contributed by atoms with E-state index in [9.17, 15) is 14.0 Å². The maximum atomic E-state index is 14.6. The van der Waals surface area contributed by atoms with Crippen molar-refractivity contribution in [3.8, 4) is 11.5 Å². The number of para-hydroxylation sites is 2. The smallest absolute Gasteiger partial charge is 0.346 e. The van der Waals surface area contributed by atoms with Gasteiger partial charge in [-0.15, -0.1) is 0 Å². The Labute approximate surface area is 143 Å². The first-order chi connectivity index (χ1) is 12.1. The quantitative estimate of drug-likeness (QED) is 0.527. The normalized spacial score (nSPS) is 10.1. The molecule has 0 fully saturated rings. The maximum Gasteiger partial charge on any atom is 0.346 e. The van der Waals surface area contributed by atoms with Crippen LogP contribution in [-0.4, -0.2) is 11.9 Å². The minimum Gasteiger partial charge on any atom is -0.423 e. The molecule has 0 bridgehead atoms. The van der Waals surface area contributed by atoms with Crippen LogP contribution < -0.4 is 9.47 Å². The standard InChI is InChI=1S/C20H13FO4/c21-18-16(19(22)24-14-8-3-1-4-9-14)12-7-13-17(18)20(23)25-15-10-5-2-6-11-15/h1-13H. The van der Waals surface area contributed by atoms with Gasteiger partial charge in [-0.05, 0) is 36.4 Å². The van der Waals surface area contributed by atoms with E-state index in [1.165, 1.54) is 18.2 Å². The molecule has 3 rings (SSSR count). The van der Waals surface area contributed by atoms with E-state index >= 15 is 0 Å². The second kappa shape index (κ2) is 7.40. The summed E-state index contributed by atoms with van der Waals surface area (Å²) in [6.07, 6.45) is 0. The largest absolute Gasteiger partial charge is 0.423 e. The van der Waals surface area contributed by atoms with Crippen molar-refractivity contribution in [1.29, 1.82) is 0 Å². The van der Waals surface area contributed by atoms with Crippen LogP contribution in [0.2, 0.25) is 0 Å². The third kappa shape index (κ3) is 3.90. The molecule has 0 atom stereocenters. The Balaban J connectivity index is 1.82. The predicted octanol–water partition coefficient (Wildman–Crippen LogP) is 4.26. The molecular weight excluding hydrogens is 323 g/mol. The van der Waals surface area contributed by atoms with E-state index in [-0.39, 0.29) is 22.6 Å². The lowest BCUT2D eigenvalue weighted by Gasteiger charge is -2.08. The summed E-state index contributed by atoms with van der Waals surface area (Å²) in [6.45, 7) is 0. The minimum atomic E-state index is -0.982. The lowest BCUT2D eigenvalue weighted by Crippen LogP contribution is -2.16. The van der Waals surface area contributed by atoms with Crippen LogP contribution in [0.3, 0.4) is 0 Å². The molecule has 0 amide bonds. The van der Waals surface area contributed by atoms with E-state index in [2.05, 4.69) is 0 Å².